The summed E-state index contributed by atoms with van der Waals surface area (Å²) in [5.74, 6) is 0.611. The molecule has 90 valence electrons. The molecule has 16 heavy (non-hydrogen) atoms. The first-order chi connectivity index (χ1) is 7.54. The smallest absolute Gasteiger partial charge is 0.0455 e. The molecule has 1 rings (SSSR count). The van der Waals surface area contributed by atoms with Crippen molar-refractivity contribution in [1.82, 2.24) is 5.32 Å². The van der Waals surface area contributed by atoms with Gasteiger partial charge in [-0.25, -0.2) is 0 Å². The van der Waals surface area contributed by atoms with E-state index >= 15 is 0 Å². The molecule has 0 aliphatic carbocycles. The monoisotopic (exact) mass is 304 g/mol. The molecule has 1 unspecified atom stereocenters. The van der Waals surface area contributed by atoms with Crippen molar-refractivity contribution in [1.29, 1.82) is 0 Å². The van der Waals surface area contributed by atoms with Crippen LogP contribution in [0, 0.1) is 5.92 Å². The van der Waals surface area contributed by atoms with Crippen LogP contribution in [0.15, 0.2) is 22.7 Å². The lowest BCUT2D eigenvalue weighted by molar-refractivity contribution is 0.478. The van der Waals surface area contributed by atoms with Gasteiger partial charge in [0.1, 0.15) is 0 Å². The van der Waals surface area contributed by atoms with Crippen LogP contribution in [0.25, 0.3) is 0 Å². The summed E-state index contributed by atoms with van der Waals surface area (Å²) in [5, 5.41) is 4.18. The Balaban J connectivity index is 2.78. The average molecular weight is 306 g/mol. The Morgan fingerprint density at radius 3 is 2.62 bits per heavy atom. The van der Waals surface area contributed by atoms with Gasteiger partial charge in [-0.15, -0.1) is 0 Å². The molecule has 4 heteroatoms. The average Bonchev–Trinajstić information content (AvgIpc) is 2.21. The highest BCUT2D eigenvalue weighted by Gasteiger charge is 2.12. The van der Waals surface area contributed by atoms with E-state index in [1.54, 1.807) is 0 Å². The van der Waals surface area contributed by atoms with Gasteiger partial charge < -0.3 is 11.1 Å². The topological polar surface area (TPSA) is 38.0 Å². The largest absolute Gasteiger partial charge is 0.329 e. The van der Waals surface area contributed by atoms with Gasteiger partial charge in [0.15, 0.2) is 0 Å². The molecule has 0 heterocycles. The molecular formula is C12H18BrClN2. The molecule has 0 spiro atoms. The second kappa shape index (κ2) is 6.60. The van der Waals surface area contributed by atoms with Crippen LogP contribution in [0.5, 0.6) is 0 Å². The van der Waals surface area contributed by atoms with Gasteiger partial charge in [-0.1, -0.05) is 47.4 Å². The number of halogens is 2. The molecule has 0 aliphatic heterocycles. The van der Waals surface area contributed by atoms with Crippen LogP contribution in [-0.2, 0) is 0 Å². The molecule has 1 atom stereocenters. The maximum atomic E-state index is 5.91. The molecule has 0 fully saturated rings. The highest BCUT2D eigenvalue weighted by atomic mass is 79.9. The third-order valence-corrected chi connectivity index (χ3v) is 3.27. The van der Waals surface area contributed by atoms with E-state index in [1.807, 2.05) is 18.2 Å². The summed E-state index contributed by atoms with van der Waals surface area (Å²) in [5.41, 5.74) is 6.94. The van der Waals surface area contributed by atoms with Crippen LogP contribution in [0.2, 0.25) is 5.02 Å². The summed E-state index contributed by atoms with van der Waals surface area (Å²) < 4.78 is 1.01. The predicted molar refractivity (Wildman–Crippen MR) is 73.8 cm³/mol. The Morgan fingerprint density at radius 2 is 2.12 bits per heavy atom. The van der Waals surface area contributed by atoms with Gasteiger partial charge >= 0.3 is 0 Å². The van der Waals surface area contributed by atoms with Crippen molar-refractivity contribution < 1.29 is 0 Å². The van der Waals surface area contributed by atoms with Crippen molar-refractivity contribution in [2.75, 3.05) is 13.1 Å². The van der Waals surface area contributed by atoms with Gasteiger partial charge in [-0.2, -0.15) is 0 Å². The van der Waals surface area contributed by atoms with E-state index < -0.39 is 0 Å². The first kappa shape index (κ1) is 14.0. The molecule has 0 aliphatic rings. The molecule has 2 nitrogen and oxygen atoms in total. The van der Waals surface area contributed by atoms with E-state index in [2.05, 4.69) is 35.1 Å². The predicted octanol–water partition coefficient (Wildman–Crippen LogP) is 3.35. The molecule has 1 aromatic carbocycles. The number of nitrogens with one attached hydrogen (secondary N) is 1. The van der Waals surface area contributed by atoms with Gasteiger partial charge in [0.25, 0.3) is 0 Å². The maximum Gasteiger partial charge on any atom is 0.0455 e. The third kappa shape index (κ3) is 4.06. The van der Waals surface area contributed by atoms with Gasteiger partial charge in [0, 0.05) is 22.1 Å². The Kier molecular flexibility index (Phi) is 5.76. The van der Waals surface area contributed by atoms with Crippen molar-refractivity contribution in [3.63, 3.8) is 0 Å². The second-order valence-corrected chi connectivity index (χ2v) is 5.55. The summed E-state index contributed by atoms with van der Waals surface area (Å²) in [6.07, 6.45) is 0. The van der Waals surface area contributed by atoms with E-state index in [-0.39, 0.29) is 6.04 Å². The fourth-order valence-corrected chi connectivity index (χ4v) is 2.44. The number of benzene rings is 1. The van der Waals surface area contributed by atoms with Crippen LogP contribution in [-0.4, -0.2) is 13.1 Å². The normalized spacial score (nSPS) is 13.1. The minimum atomic E-state index is 0.175. The minimum Gasteiger partial charge on any atom is -0.329 e. The highest BCUT2D eigenvalue weighted by Crippen LogP contribution is 2.26. The molecular weight excluding hydrogens is 288 g/mol. The summed E-state index contributed by atoms with van der Waals surface area (Å²) in [6, 6.07) is 5.98. The standard InChI is InChI=1S/C12H18BrClN2/c1-8(2)7-16-12(6-15)10-4-3-9(14)5-11(10)13/h3-5,8,12,16H,6-7,15H2,1-2H3. The van der Waals surface area contributed by atoms with Gasteiger partial charge in [-0.3, -0.25) is 0 Å². The highest BCUT2D eigenvalue weighted by molar-refractivity contribution is 9.10. The molecule has 1 aromatic rings. The quantitative estimate of drug-likeness (QED) is 0.875. The van der Waals surface area contributed by atoms with Crippen molar-refractivity contribution >= 4 is 27.5 Å². The van der Waals surface area contributed by atoms with Gasteiger partial charge in [-0.05, 0) is 30.2 Å². The number of hydrogen-bond acceptors (Lipinski definition) is 2. The molecule has 3 N–H and O–H groups in total. The lowest BCUT2D eigenvalue weighted by Gasteiger charge is -2.20. The van der Waals surface area contributed by atoms with Crippen LogP contribution < -0.4 is 11.1 Å². The number of hydrogen-bond donors (Lipinski definition) is 2. The van der Waals surface area contributed by atoms with Crippen LogP contribution in [0.3, 0.4) is 0 Å². The zero-order chi connectivity index (χ0) is 12.1. The lowest BCUT2D eigenvalue weighted by atomic mass is 10.1. The fraction of sp³-hybridized carbons (Fsp3) is 0.500. The van der Waals surface area contributed by atoms with Crippen molar-refractivity contribution in [2.45, 2.75) is 19.9 Å². The van der Waals surface area contributed by atoms with Crippen molar-refractivity contribution in [3.8, 4) is 0 Å². The van der Waals surface area contributed by atoms with E-state index in [0.717, 1.165) is 21.6 Å². The number of rotatable bonds is 5. The fourth-order valence-electron chi connectivity index (χ4n) is 1.48. The lowest BCUT2D eigenvalue weighted by Crippen LogP contribution is -2.31. The van der Waals surface area contributed by atoms with E-state index in [4.69, 9.17) is 17.3 Å². The zero-order valence-electron chi connectivity index (χ0n) is 9.63. The van der Waals surface area contributed by atoms with Crippen molar-refractivity contribution in [3.05, 3.63) is 33.3 Å². The summed E-state index contributed by atoms with van der Waals surface area (Å²) >= 11 is 9.43. The maximum absolute atomic E-state index is 5.91. The Morgan fingerprint density at radius 1 is 1.44 bits per heavy atom. The SMILES string of the molecule is CC(C)CNC(CN)c1ccc(Cl)cc1Br. The first-order valence-electron chi connectivity index (χ1n) is 5.43. The molecule has 0 amide bonds. The number of nitrogens with two attached hydrogens (primary N) is 1. The second-order valence-electron chi connectivity index (χ2n) is 4.26. The third-order valence-electron chi connectivity index (χ3n) is 2.35. The van der Waals surface area contributed by atoms with Crippen LogP contribution in [0.1, 0.15) is 25.5 Å². The van der Waals surface area contributed by atoms with Crippen LogP contribution in [0.4, 0.5) is 0 Å². The first-order valence-corrected chi connectivity index (χ1v) is 6.60. The summed E-state index contributed by atoms with van der Waals surface area (Å²) in [4.78, 5) is 0. The Bertz CT molecular complexity index is 342. The summed E-state index contributed by atoms with van der Waals surface area (Å²) in [7, 11) is 0. The molecule has 0 radical (unpaired) electrons. The zero-order valence-corrected chi connectivity index (χ0v) is 12.0. The van der Waals surface area contributed by atoms with E-state index in [0.29, 0.717) is 12.5 Å². The molecule has 0 bridgehead atoms. The van der Waals surface area contributed by atoms with E-state index in [9.17, 15) is 0 Å². The molecule has 0 saturated heterocycles. The van der Waals surface area contributed by atoms with Gasteiger partial charge in [0.05, 0.1) is 0 Å². The molecule has 0 saturated carbocycles. The Labute approximate surface area is 111 Å². The Hall–Kier alpha value is -0.0900. The minimum absolute atomic E-state index is 0.175. The van der Waals surface area contributed by atoms with Gasteiger partial charge in [0.2, 0.25) is 0 Å². The van der Waals surface area contributed by atoms with E-state index in [1.165, 1.54) is 0 Å². The van der Waals surface area contributed by atoms with Crippen LogP contribution >= 0.6 is 27.5 Å². The molecule has 0 aromatic heterocycles. The van der Waals surface area contributed by atoms with Crippen molar-refractivity contribution in [2.24, 2.45) is 11.7 Å². The summed E-state index contributed by atoms with van der Waals surface area (Å²) in [6.45, 7) is 5.89.